The zero-order chi connectivity index (χ0) is 33.1. The lowest BCUT2D eigenvalue weighted by Gasteiger charge is -2.61. The van der Waals surface area contributed by atoms with E-state index >= 15 is 0 Å². The molecule has 1 saturated heterocycles. The standard InChI is InChI=1S/C35H53N3O6S/c1-9-33(6)18-24(34(7)21(2)10-12-35(22(3)31(33)43)13-11-23(39)30(34)35)44-25(40)19-45-32(4,5)20-36-26-27(29(42)28(26)41)38-16-14-37(8)15-17-38/h9,21-22,24,30-31,36,43H,1,10-20H2,2-8H3/t21-,22+,24-,30+,31+,33-,34+,35+/m1/s1. The maximum absolute atomic E-state index is 13.6. The summed E-state index contributed by atoms with van der Waals surface area (Å²) in [6.45, 7) is 20.0. The van der Waals surface area contributed by atoms with Gasteiger partial charge in [0.25, 0.3) is 10.9 Å². The topological polar surface area (TPSA) is 116 Å². The van der Waals surface area contributed by atoms with Gasteiger partial charge in [0, 0.05) is 60.6 Å². The van der Waals surface area contributed by atoms with Gasteiger partial charge in [-0.25, -0.2) is 0 Å². The van der Waals surface area contributed by atoms with Crippen molar-refractivity contribution in [1.29, 1.82) is 0 Å². The highest BCUT2D eigenvalue weighted by atomic mass is 32.2. The van der Waals surface area contributed by atoms with Crippen LogP contribution in [0.15, 0.2) is 22.2 Å². The van der Waals surface area contributed by atoms with Crippen LogP contribution in [0.3, 0.4) is 0 Å². The molecule has 4 aliphatic rings. The summed E-state index contributed by atoms with van der Waals surface area (Å²) in [4.78, 5) is 56.3. The molecule has 10 heteroatoms. The molecule has 1 heterocycles. The molecule has 1 aromatic carbocycles. The number of aliphatic hydroxyl groups is 1. The molecule has 3 saturated carbocycles. The Hall–Kier alpha value is -2.17. The number of piperazine rings is 1. The normalized spacial score (nSPS) is 37.6. The van der Waals surface area contributed by atoms with Gasteiger partial charge in [-0.2, -0.15) is 0 Å². The van der Waals surface area contributed by atoms with E-state index in [0.29, 0.717) is 43.9 Å². The van der Waals surface area contributed by atoms with Crippen LogP contribution in [0.2, 0.25) is 0 Å². The first kappa shape index (κ1) is 34.2. The number of thioether (sulfide) groups is 1. The summed E-state index contributed by atoms with van der Waals surface area (Å²) in [5, 5.41) is 15.0. The molecule has 45 heavy (non-hydrogen) atoms. The second kappa shape index (κ2) is 12.1. The number of aliphatic hydroxyl groups excluding tert-OH is 1. The van der Waals surface area contributed by atoms with Gasteiger partial charge in [0.05, 0.1) is 11.9 Å². The third kappa shape index (κ3) is 5.71. The molecule has 3 aliphatic carbocycles. The summed E-state index contributed by atoms with van der Waals surface area (Å²) in [6, 6.07) is 0. The van der Waals surface area contributed by atoms with Crippen LogP contribution in [-0.2, 0) is 14.3 Å². The number of nitrogens with zero attached hydrogens (tertiary/aromatic N) is 2. The van der Waals surface area contributed by atoms with Crippen molar-refractivity contribution in [1.82, 2.24) is 4.90 Å². The molecule has 4 fully saturated rings. The largest absolute Gasteiger partial charge is 0.461 e. The minimum Gasteiger partial charge on any atom is -0.461 e. The maximum Gasteiger partial charge on any atom is 0.316 e. The highest BCUT2D eigenvalue weighted by Crippen LogP contribution is 2.68. The van der Waals surface area contributed by atoms with Crippen LogP contribution in [0.5, 0.6) is 0 Å². The minimum atomic E-state index is -0.701. The van der Waals surface area contributed by atoms with E-state index in [1.165, 1.54) is 11.8 Å². The first-order valence-electron chi connectivity index (χ1n) is 16.7. The van der Waals surface area contributed by atoms with Crippen LogP contribution in [0.4, 0.5) is 11.4 Å². The summed E-state index contributed by atoms with van der Waals surface area (Å²) in [6.07, 6.45) is 4.07. The Morgan fingerprint density at radius 2 is 1.80 bits per heavy atom. The number of ether oxygens (including phenoxy) is 1. The van der Waals surface area contributed by atoms with Crippen molar-refractivity contribution in [3.8, 4) is 0 Å². The van der Waals surface area contributed by atoms with Crippen LogP contribution in [0, 0.1) is 34.0 Å². The smallest absolute Gasteiger partial charge is 0.316 e. The van der Waals surface area contributed by atoms with Gasteiger partial charge in [0.1, 0.15) is 23.3 Å². The average molecular weight is 644 g/mol. The number of likely N-dealkylation sites (N-methyl/N-ethyl adjacent to an activating group) is 1. The van der Waals surface area contributed by atoms with Crippen molar-refractivity contribution in [3.63, 3.8) is 0 Å². The Labute approximate surface area is 272 Å². The quantitative estimate of drug-likeness (QED) is 0.234. The lowest BCUT2D eigenvalue weighted by atomic mass is 9.44. The first-order valence-corrected chi connectivity index (χ1v) is 17.7. The van der Waals surface area contributed by atoms with Crippen LogP contribution in [0.1, 0.15) is 73.6 Å². The highest BCUT2D eigenvalue weighted by molar-refractivity contribution is 8.01. The van der Waals surface area contributed by atoms with Gasteiger partial charge in [-0.1, -0.05) is 33.8 Å². The zero-order valence-corrected chi connectivity index (χ0v) is 29.1. The first-order chi connectivity index (χ1) is 21.0. The Morgan fingerprint density at radius 1 is 1.13 bits per heavy atom. The zero-order valence-electron chi connectivity index (χ0n) is 28.2. The van der Waals surface area contributed by atoms with E-state index in [1.54, 1.807) is 0 Å². The van der Waals surface area contributed by atoms with Crippen LogP contribution < -0.4 is 21.1 Å². The Bertz CT molecular complexity index is 1400. The average Bonchev–Trinajstić information content (AvgIpc) is 3.36. The van der Waals surface area contributed by atoms with Gasteiger partial charge >= 0.3 is 5.97 Å². The SMILES string of the molecule is C=C[C@]1(C)C[C@@H](OC(=O)CSC(C)(C)CNc2c(N3CCN(C)CC3)c(=O)c2=O)[C@]2(C)[C@H](C)CC[C@]3(CCC(=O)[C@H]32)[C@@H](C)[C@@H]1O. The number of anilines is 2. The fourth-order valence-corrected chi connectivity index (χ4v) is 9.93. The van der Waals surface area contributed by atoms with Crippen LogP contribution in [0.25, 0.3) is 0 Å². The second-order valence-corrected chi connectivity index (χ2v) is 17.3. The van der Waals surface area contributed by atoms with Gasteiger partial charge < -0.3 is 25.0 Å². The third-order valence-electron chi connectivity index (χ3n) is 12.6. The Balaban J connectivity index is 1.29. The number of hydrogen-bond acceptors (Lipinski definition) is 10. The third-order valence-corrected chi connectivity index (χ3v) is 13.9. The monoisotopic (exact) mass is 643 g/mol. The summed E-state index contributed by atoms with van der Waals surface area (Å²) < 4.78 is 5.95. The number of carbonyl (C=O) groups excluding carboxylic acids is 2. The van der Waals surface area contributed by atoms with Gasteiger partial charge in [0.15, 0.2) is 0 Å². The van der Waals surface area contributed by atoms with Crippen molar-refractivity contribution in [2.24, 2.45) is 34.0 Å². The van der Waals surface area contributed by atoms with Crippen molar-refractivity contribution < 1.29 is 19.4 Å². The van der Waals surface area contributed by atoms with E-state index in [9.17, 15) is 24.3 Å². The van der Waals surface area contributed by atoms with Crippen LogP contribution >= 0.6 is 11.8 Å². The molecule has 8 atom stereocenters. The van der Waals surface area contributed by atoms with Gasteiger partial charge in [-0.3, -0.25) is 19.2 Å². The summed E-state index contributed by atoms with van der Waals surface area (Å²) in [5.41, 5.74) is -1.61. The van der Waals surface area contributed by atoms with E-state index in [0.717, 1.165) is 32.4 Å². The fourth-order valence-electron chi connectivity index (χ4n) is 9.18. The molecular formula is C35H53N3O6S. The van der Waals surface area contributed by atoms with E-state index in [-0.39, 0.29) is 40.7 Å². The van der Waals surface area contributed by atoms with Crippen molar-refractivity contribution >= 4 is 34.9 Å². The molecule has 2 N–H and O–H groups in total. The molecule has 0 radical (unpaired) electrons. The van der Waals surface area contributed by atoms with E-state index in [4.69, 9.17) is 4.74 Å². The summed E-state index contributed by atoms with van der Waals surface area (Å²) in [7, 11) is 2.04. The number of rotatable bonds is 9. The van der Waals surface area contributed by atoms with E-state index < -0.39 is 38.6 Å². The summed E-state index contributed by atoms with van der Waals surface area (Å²) >= 11 is 1.44. The van der Waals surface area contributed by atoms with Gasteiger partial charge in [0.2, 0.25) is 0 Å². The Kier molecular flexibility index (Phi) is 9.21. The molecule has 9 nitrogen and oxygen atoms in total. The molecule has 0 unspecified atom stereocenters. The van der Waals surface area contributed by atoms with Crippen molar-refractivity contribution in [2.45, 2.75) is 90.6 Å². The molecule has 2 bridgehead atoms. The predicted molar refractivity (Wildman–Crippen MR) is 181 cm³/mol. The molecule has 0 aromatic heterocycles. The molecule has 250 valence electrons. The van der Waals surface area contributed by atoms with Crippen LogP contribution in [-0.4, -0.2) is 84.2 Å². The second-order valence-electron chi connectivity index (χ2n) is 15.6. The van der Waals surface area contributed by atoms with Gasteiger partial charge in [-0.05, 0) is 63.8 Å². The highest BCUT2D eigenvalue weighted by Gasteiger charge is 2.68. The number of Topliss-reactive ketones (excluding diaryl/α,β-unsaturated/α-hetero) is 1. The molecule has 1 aliphatic heterocycles. The molecule has 0 amide bonds. The molecule has 0 spiro atoms. The predicted octanol–water partition coefficient (Wildman–Crippen LogP) is 3.86. The summed E-state index contributed by atoms with van der Waals surface area (Å²) in [5.74, 6) is -0.179. The van der Waals surface area contributed by atoms with E-state index in [2.05, 4.69) is 37.6 Å². The van der Waals surface area contributed by atoms with Crippen molar-refractivity contribution in [3.05, 3.63) is 33.1 Å². The lowest BCUT2D eigenvalue weighted by Crippen LogP contribution is -2.63. The number of nitrogens with one attached hydrogen (secondary N) is 1. The minimum absolute atomic E-state index is 0.0750. The number of esters is 1. The molecule has 5 rings (SSSR count). The maximum atomic E-state index is 13.6. The number of hydrogen-bond donors (Lipinski definition) is 2. The van der Waals surface area contributed by atoms with Gasteiger partial charge in [-0.15, -0.1) is 18.3 Å². The molecule has 1 aromatic rings. The molecular weight excluding hydrogens is 590 g/mol. The number of carbonyl (C=O) groups is 2. The Morgan fingerprint density at radius 3 is 2.44 bits per heavy atom. The fraction of sp³-hybridized carbons (Fsp3) is 0.771. The number of ketones is 1. The lowest BCUT2D eigenvalue weighted by molar-refractivity contribution is -0.205. The van der Waals surface area contributed by atoms with E-state index in [1.807, 2.05) is 38.8 Å². The van der Waals surface area contributed by atoms with Crippen molar-refractivity contribution in [2.75, 3.05) is 55.7 Å².